The number of para-hydroxylation sites is 2. The van der Waals surface area contributed by atoms with Crippen molar-refractivity contribution in [1.82, 2.24) is 9.58 Å². The van der Waals surface area contributed by atoms with E-state index in [-0.39, 0.29) is 11.4 Å². The number of hydrogen-bond acceptors (Lipinski definition) is 5. The Morgan fingerprint density at radius 1 is 1.09 bits per heavy atom. The Morgan fingerprint density at radius 2 is 1.83 bits per heavy atom. The van der Waals surface area contributed by atoms with Crippen LogP contribution in [-0.4, -0.2) is 38.1 Å². The molecule has 1 aromatic heterocycles. The van der Waals surface area contributed by atoms with Crippen LogP contribution in [-0.2, 0) is 11.2 Å². The zero-order chi connectivity index (χ0) is 24.5. The van der Waals surface area contributed by atoms with Gasteiger partial charge in [-0.25, -0.2) is 0 Å². The van der Waals surface area contributed by atoms with E-state index in [4.69, 9.17) is 10.1 Å². The third-order valence-corrected chi connectivity index (χ3v) is 6.78. The van der Waals surface area contributed by atoms with Crippen molar-refractivity contribution in [2.45, 2.75) is 27.2 Å². The van der Waals surface area contributed by atoms with Crippen molar-refractivity contribution in [3.05, 3.63) is 88.8 Å². The predicted octanol–water partition coefficient (Wildman–Crippen LogP) is 5.35. The highest BCUT2D eigenvalue weighted by Gasteiger charge is 2.35. The molecule has 1 amide bonds. The number of amidine groups is 2. The highest BCUT2D eigenvalue weighted by Crippen LogP contribution is 2.32. The molecular formula is C27H25N5O2S. The number of nitrogens with one attached hydrogen (secondary N) is 1. The second kappa shape index (κ2) is 9.38. The number of aromatic nitrogens is 1. The topological polar surface area (TPSA) is 83.0 Å². The van der Waals surface area contributed by atoms with E-state index in [1.54, 1.807) is 6.08 Å². The van der Waals surface area contributed by atoms with Gasteiger partial charge in [0.15, 0.2) is 5.84 Å². The summed E-state index contributed by atoms with van der Waals surface area (Å²) < 4.78 is 7.93. The average Bonchev–Trinajstić information content (AvgIpc) is 3.37. The normalized spacial score (nSPS) is 16.4. The Balaban J connectivity index is 1.47. The summed E-state index contributed by atoms with van der Waals surface area (Å²) in [5.41, 5.74) is 5.07. The minimum absolute atomic E-state index is 0.0371. The number of benzene rings is 2. The molecule has 3 heterocycles. The van der Waals surface area contributed by atoms with Crippen LogP contribution in [0.5, 0.6) is 5.75 Å². The summed E-state index contributed by atoms with van der Waals surface area (Å²) in [6, 6.07) is 19.9. The molecule has 2 aliphatic rings. The van der Waals surface area contributed by atoms with Gasteiger partial charge in [-0.3, -0.25) is 10.2 Å². The second-order valence-electron chi connectivity index (χ2n) is 8.24. The van der Waals surface area contributed by atoms with E-state index in [2.05, 4.69) is 14.7 Å². The van der Waals surface area contributed by atoms with Gasteiger partial charge in [0, 0.05) is 17.8 Å². The van der Waals surface area contributed by atoms with Crippen LogP contribution < -0.4 is 4.74 Å². The number of aryl methyl sites for hydroxylation is 1. The van der Waals surface area contributed by atoms with Gasteiger partial charge in [0.2, 0.25) is 5.17 Å². The number of ether oxygens (including phenoxy) is 1. The molecule has 176 valence electrons. The van der Waals surface area contributed by atoms with Crippen molar-refractivity contribution in [2.24, 2.45) is 10.1 Å². The summed E-state index contributed by atoms with van der Waals surface area (Å²) in [5, 5.41) is 16.0. The van der Waals surface area contributed by atoms with Gasteiger partial charge in [-0.05, 0) is 67.9 Å². The van der Waals surface area contributed by atoms with Gasteiger partial charge in [0.1, 0.15) is 10.8 Å². The Kier molecular flexibility index (Phi) is 6.13. The lowest BCUT2D eigenvalue weighted by Gasteiger charge is -2.20. The van der Waals surface area contributed by atoms with Crippen LogP contribution in [0.3, 0.4) is 0 Å². The average molecular weight is 484 g/mol. The molecule has 5 rings (SSSR count). The standard InChI is InChI=1S/C27H25N5O2S/c1-4-34-23-13-9-8-12-22(23)31-17(2)14-20(18(31)3)16-21-25(28)32-27(29-26(21)33)35-24(30-32)15-19-10-6-5-7-11-19/h5-14,16,28H,4,15H2,1-3H3/b21-16+,28-25?. The lowest BCUT2D eigenvalue weighted by atomic mass is 10.1. The molecule has 8 heteroatoms. The van der Waals surface area contributed by atoms with Gasteiger partial charge in [0.25, 0.3) is 5.91 Å². The first-order chi connectivity index (χ1) is 17.0. The first-order valence-corrected chi connectivity index (χ1v) is 12.2. The minimum Gasteiger partial charge on any atom is -0.492 e. The molecule has 0 saturated heterocycles. The largest absolute Gasteiger partial charge is 0.492 e. The summed E-state index contributed by atoms with van der Waals surface area (Å²) in [7, 11) is 0. The second-order valence-corrected chi connectivity index (χ2v) is 9.28. The lowest BCUT2D eigenvalue weighted by molar-refractivity contribution is -0.114. The lowest BCUT2D eigenvalue weighted by Crippen LogP contribution is -2.35. The third-order valence-electron chi connectivity index (χ3n) is 5.87. The van der Waals surface area contributed by atoms with E-state index in [1.165, 1.54) is 16.8 Å². The monoisotopic (exact) mass is 483 g/mol. The minimum atomic E-state index is -0.426. The molecule has 2 aromatic carbocycles. The van der Waals surface area contributed by atoms with E-state index in [0.717, 1.165) is 39.0 Å². The van der Waals surface area contributed by atoms with Crippen molar-refractivity contribution in [3.8, 4) is 11.4 Å². The molecule has 0 spiro atoms. The molecule has 3 aromatic rings. The number of nitrogens with zero attached hydrogens (tertiary/aromatic N) is 4. The molecule has 0 aliphatic carbocycles. The maximum atomic E-state index is 12.9. The van der Waals surface area contributed by atoms with Crippen LogP contribution in [0.1, 0.15) is 29.4 Å². The molecule has 0 fully saturated rings. The molecule has 0 unspecified atom stereocenters. The molecule has 35 heavy (non-hydrogen) atoms. The third kappa shape index (κ3) is 4.33. The van der Waals surface area contributed by atoms with E-state index >= 15 is 0 Å². The van der Waals surface area contributed by atoms with E-state index in [0.29, 0.717) is 18.2 Å². The SMILES string of the molecule is CCOc1ccccc1-n1c(C)cc(/C=C2\C(=N)N3N=C(Cc4ccccc4)SC3=NC2=O)c1C. The number of thioether (sulfide) groups is 1. The molecular weight excluding hydrogens is 458 g/mol. The van der Waals surface area contributed by atoms with Crippen LogP contribution in [0.25, 0.3) is 11.8 Å². The molecule has 0 bridgehead atoms. The molecule has 0 saturated carbocycles. The fraction of sp³-hybridized carbons (Fsp3) is 0.185. The van der Waals surface area contributed by atoms with Crippen molar-refractivity contribution in [1.29, 1.82) is 5.41 Å². The van der Waals surface area contributed by atoms with Gasteiger partial charge in [-0.1, -0.05) is 42.5 Å². The Hall–Kier alpha value is -3.91. The Morgan fingerprint density at radius 3 is 2.60 bits per heavy atom. The van der Waals surface area contributed by atoms with Crippen LogP contribution in [0.2, 0.25) is 0 Å². The first kappa shape index (κ1) is 22.9. The first-order valence-electron chi connectivity index (χ1n) is 11.4. The zero-order valence-corrected chi connectivity index (χ0v) is 20.6. The Bertz CT molecular complexity index is 1420. The van der Waals surface area contributed by atoms with Crippen molar-refractivity contribution < 1.29 is 9.53 Å². The van der Waals surface area contributed by atoms with Gasteiger partial charge < -0.3 is 9.30 Å². The number of carbonyl (C=O) groups excluding carboxylic acids is 1. The van der Waals surface area contributed by atoms with Crippen LogP contribution >= 0.6 is 11.8 Å². The fourth-order valence-corrected chi connectivity index (χ4v) is 5.17. The number of amides is 1. The summed E-state index contributed by atoms with van der Waals surface area (Å²) in [6.45, 7) is 6.54. The van der Waals surface area contributed by atoms with Gasteiger partial charge in [-0.15, -0.1) is 0 Å². The number of hydrogen-bond donors (Lipinski definition) is 1. The summed E-state index contributed by atoms with van der Waals surface area (Å²) in [5.74, 6) is 0.403. The van der Waals surface area contributed by atoms with Crippen molar-refractivity contribution >= 4 is 39.8 Å². The number of fused-ring (bicyclic) bond motifs is 1. The van der Waals surface area contributed by atoms with Gasteiger partial charge in [-0.2, -0.15) is 15.1 Å². The highest BCUT2D eigenvalue weighted by atomic mass is 32.2. The smallest absolute Gasteiger partial charge is 0.283 e. The van der Waals surface area contributed by atoms with E-state index < -0.39 is 5.91 Å². The molecule has 0 radical (unpaired) electrons. The van der Waals surface area contributed by atoms with Crippen LogP contribution in [0.4, 0.5) is 0 Å². The molecule has 1 N–H and O–H groups in total. The number of hydrazone groups is 1. The maximum absolute atomic E-state index is 12.9. The predicted molar refractivity (Wildman–Crippen MR) is 142 cm³/mol. The quantitative estimate of drug-likeness (QED) is 0.479. The van der Waals surface area contributed by atoms with Crippen LogP contribution in [0.15, 0.2) is 76.3 Å². The van der Waals surface area contributed by atoms with Gasteiger partial charge in [0.05, 0.1) is 17.9 Å². The number of rotatable bonds is 6. The molecule has 7 nitrogen and oxygen atoms in total. The number of aliphatic imine (C=N–C) groups is 1. The maximum Gasteiger partial charge on any atom is 0.283 e. The highest BCUT2D eigenvalue weighted by molar-refractivity contribution is 8.26. The van der Waals surface area contributed by atoms with Crippen LogP contribution in [0, 0.1) is 19.3 Å². The van der Waals surface area contributed by atoms with Crippen molar-refractivity contribution in [3.63, 3.8) is 0 Å². The zero-order valence-electron chi connectivity index (χ0n) is 19.8. The summed E-state index contributed by atoms with van der Waals surface area (Å²) in [4.78, 5) is 17.2. The number of carbonyl (C=O) groups is 1. The van der Waals surface area contributed by atoms with E-state index in [1.807, 2.05) is 81.4 Å². The molecule has 0 atom stereocenters. The van der Waals surface area contributed by atoms with Gasteiger partial charge >= 0.3 is 0 Å². The Labute approximate surface area is 208 Å². The van der Waals surface area contributed by atoms with Crippen molar-refractivity contribution in [2.75, 3.05) is 6.61 Å². The molecule has 2 aliphatic heterocycles. The summed E-state index contributed by atoms with van der Waals surface area (Å²) in [6.07, 6.45) is 2.37. The van der Waals surface area contributed by atoms with E-state index in [9.17, 15) is 4.79 Å². The summed E-state index contributed by atoms with van der Waals surface area (Å²) >= 11 is 1.34. The fourth-order valence-electron chi connectivity index (χ4n) is 4.25.